The lowest BCUT2D eigenvalue weighted by Crippen LogP contribution is -2.22. The van der Waals surface area contributed by atoms with E-state index < -0.39 is 48.2 Å². The van der Waals surface area contributed by atoms with Gasteiger partial charge >= 0.3 is 5.97 Å². The predicted octanol–water partition coefficient (Wildman–Crippen LogP) is 2.29. The Balaban J connectivity index is 1.97. The van der Waals surface area contributed by atoms with Crippen LogP contribution < -0.4 is 5.32 Å². The molecule has 6 nitrogen and oxygen atoms in total. The van der Waals surface area contributed by atoms with Gasteiger partial charge in [-0.3, -0.25) is 4.79 Å². The fraction of sp³-hybridized carbons (Fsp3) is 0.200. The molecule has 2 N–H and O–H groups in total. The van der Waals surface area contributed by atoms with E-state index in [2.05, 4.69) is 0 Å². The monoisotopic (exact) mass is 343 g/mol. The lowest BCUT2D eigenvalue weighted by molar-refractivity contribution is -0.119. The summed E-state index contributed by atoms with van der Waals surface area (Å²) in [5.74, 6) is -6.19. The number of carbonyl (C=O) groups is 2. The van der Waals surface area contributed by atoms with Crippen molar-refractivity contribution in [2.45, 2.75) is 13.5 Å². The van der Waals surface area contributed by atoms with E-state index in [4.69, 9.17) is 14.3 Å². The minimum Gasteiger partial charge on any atom is -0.463 e. The molecule has 0 fully saturated rings. The van der Waals surface area contributed by atoms with Crippen LogP contribution in [-0.2, 0) is 16.1 Å². The van der Waals surface area contributed by atoms with E-state index in [1.165, 1.54) is 13.0 Å². The molecule has 1 heterocycles. The summed E-state index contributed by atoms with van der Waals surface area (Å²) in [6.07, 6.45) is 0. The number of aryl methyl sites for hydroxylation is 1. The lowest BCUT2D eigenvalue weighted by Gasteiger charge is -2.08. The van der Waals surface area contributed by atoms with Crippen molar-refractivity contribution in [3.63, 3.8) is 0 Å². The second-order valence-electron chi connectivity index (χ2n) is 4.69. The summed E-state index contributed by atoms with van der Waals surface area (Å²) in [6.45, 7) is 0.271. The number of aliphatic hydroxyl groups excluding tert-OH is 1. The smallest absolute Gasteiger partial charge is 0.342 e. The number of halogens is 3. The van der Waals surface area contributed by atoms with Gasteiger partial charge in [0.15, 0.2) is 24.1 Å². The van der Waals surface area contributed by atoms with Gasteiger partial charge in [-0.2, -0.15) is 0 Å². The predicted molar refractivity (Wildman–Crippen MR) is 74.6 cm³/mol. The van der Waals surface area contributed by atoms with Crippen LogP contribution in [0.15, 0.2) is 22.6 Å². The molecule has 0 aliphatic heterocycles. The highest BCUT2D eigenvalue weighted by molar-refractivity contribution is 5.96. The van der Waals surface area contributed by atoms with Gasteiger partial charge in [-0.15, -0.1) is 0 Å². The minimum absolute atomic E-state index is 0.0193. The van der Waals surface area contributed by atoms with Crippen LogP contribution in [0.25, 0.3) is 0 Å². The summed E-state index contributed by atoms with van der Waals surface area (Å²) in [4.78, 5) is 23.4. The summed E-state index contributed by atoms with van der Waals surface area (Å²) in [7, 11) is 0. The molecule has 9 heteroatoms. The molecule has 1 aromatic carbocycles. The zero-order chi connectivity index (χ0) is 17.9. The molecule has 0 bridgehead atoms. The van der Waals surface area contributed by atoms with Crippen molar-refractivity contribution in [1.29, 1.82) is 0 Å². The number of carbonyl (C=O) groups excluding carboxylic acids is 2. The quantitative estimate of drug-likeness (QED) is 0.642. The van der Waals surface area contributed by atoms with Crippen LogP contribution in [0.1, 0.15) is 21.9 Å². The molecule has 0 radical (unpaired) electrons. The number of rotatable bonds is 5. The molecule has 128 valence electrons. The van der Waals surface area contributed by atoms with Gasteiger partial charge in [0.1, 0.15) is 23.7 Å². The Morgan fingerprint density at radius 1 is 1.25 bits per heavy atom. The van der Waals surface area contributed by atoms with Gasteiger partial charge in [0.05, 0.1) is 5.69 Å². The van der Waals surface area contributed by atoms with Gasteiger partial charge in [-0.25, -0.2) is 18.0 Å². The van der Waals surface area contributed by atoms with E-state index in [1.807, 2.05) is 5.32 Å². The van der Waals surface area contributed by atoms with Crippen LogP contribution in [0.4, 0.5) is 18.9 Å². The number of anilines is 1. The average molecular weight is 343 g/mol. The van der Waals surface area contributed by atoms with Crippen molar-refractivity contribution in [3.8, 4) is 0 Å². The van der Waals surface area contributed by atoms with Crippen LogP contribution in [0.2, 0.25) is 0 Å². The van der Waals surface area contributed by atoms with Gasteiger partial charge in [0, 0.05) is 0 Å². The third kappa shape index (κ3) is 3.74. The summed E-state index contributed by atoms with van der Waals surface area (Å²) in [6, 6.07) is 2.73. The van der Waals surface area contributed by atoms with Crippen LogP contribution in [0.5, 0.6) is 0 Å². The van der Waals surface area contributed by atoms with Crippen molar-refractivity contribution >= 4 is 17.6 Å². The Kier molecular flexibility index (Phi) is 5.24. The first kappa shape index (κ1) is 17.5. The molecule has 0 aliphatic rings. The zero-order valence-corrected chi connectivity index (χ0v) is 12.4. The molecule has 0 aliphatic carbocycles. The van der Waals surface area contributed by atoms with Crippen LogP contribution in [0, 0.1) is 24.4 Å². The number of amides is 1. The van der Waals surface area contributed by atoms with Gasteiger partial charge in [0.2, 0.25) is 0 Å². The highest BCUT2D eigenvalue weighted by Crippen LogP contribution is 2.20. The molecule has 0 saturated heterocycles. The fourth-order valence-corrected chi connectivity index (χ4v) is 1.84. The highest BCUT2D eigenvalue weighted by atomic mass is 19.2. The Morgan fingerprint density at radius 3 is 2.58 bits per heavy atom. The summed E-state index contributed by atoms with van der Waals surface area (Å²) in [5.41, 5.74) is -0.567. The fourth-order valence-electron chi connectivity index (χ4n) is 1.84. The van der Waals surface area contributed by atoms with Gasteiger partial charge in [-0.1, -0.05) is 0 Å². The summed E-state index contributed by atoms with van der Waals surface area (Å²) in [5, 5.41) is 10.9. The maximum absolute atomic E-state index is 13.4. The van der Waals surface area contributed by atoms with Crippen LogP contribution in [0.3, 0.4) is 0 Å². The van der Waals surface area contributed by atoms with Crippen molar-refractivity contribution in [1.82, 2.24) is 0 Å². The Bertz CT molecular complexity index is 788. The highest BCUT2D eigenvalue weighted by Gasteiger charge is 2.19. The molecule has 1 aromatic heterocycles. The van der Waals surface area contributed by atoms with Crippen molar-refractivity contribution in [3.05, 3.63) is 52.7 Å². The van der Waals surface area contributed by atoms with E-state index in [-0.39, 0.29) is 17.1 Å². The number of benzene rings is 1. The first-order valence-electron chi connectivity index (χ1n) is 6.64. The molecule has 24 heavy (non-hydrogen) atoms. The number of esters is 1. The Labute approximate surface area is 133 Å². The molecule has 2 aromatic rings. The molecule has 2 rings (SSSR count). The third-order valence-corrected chi connectivity index (χ3v) is 2.99. The standard InChI is InChI=1S/C15H12F3NO5/c1-7-9(4-8(5-20)24-7)15(22)23-6-12(21)19-11-3-2-10(16)13(17)14(11)18/h2-4,20H,5-6H2,1H3,(H,19,21). The number of hydrogen-bond donors (Lipinski definition) is 2. The molecule has 1 amide bonds. The Hall–Kier alpha value is -2.81. The largest absolute Gasteiger partial charge is 0.463 e. The average Bonchev–Trinajstić information content (AvgIpc) is 2.94. The SMILES string of the molecule is Cc1oc(CO)cc1C(=O)OCC(=O)Nc1ccc(F)c(F)c1F. The van der Waals surface area contributed by atoms with Crippen LogP contribution >= 0.6 is 0 Å². The third-order valence-electron chi connectivity index (χ3n) is 2.99. The Morgan fingerprint density at radius 2 is 1.96 bits per heavy atom. The molecule has 0 saturated carbocycles. The zero-order valence-electron chi connectivity index (χ0n) is 12.4. The van der Waals surface area contributed by atoms with E-state index in [0.717, 1.165) is 6.07 Å². The number of nitrogens with one attached hydrogen (secondary N) is 1. The van der Waals surface area contributed by atoms with Crippen molar-refractivity contribution < 1.29 is 37.0 Å². The van der Waals surface area contributed by atoms with E-state index in [0.29, 0.717) is 6.07 Å². The molecular formula is C15H12F3NO5. The molecule has 0 atom stereocenters. The van der Waals surface area contributed by atoms with Gasteiger partial charge < -0.3 is 19.6 Å². The van der Waals surface area contributed by atoms with Crippen molar-refractivity contribution in [2.24, 2.45) is 0 Å². The first-order chi connectivity index (χ1) is 11.3. The van der Waals surface area contributed by atoms with Crippen molar-refractivity contribution in [2.75, 3.05) is 11.9 Å². The number of furan rings is 1. The maximum atomic E-state index is 13.4. The van der Waals surface area contributed by atoms with Gasteiger partial charge in [-0.05, 0) is 25.1 Å². The summed E-state index contributed by atoms with van der Waals surface area (Å²) < 4.78 is 49.0. The minimum atomic E-state index is -1.73. The lowest BCUT2D eigenvalue weighted by atomic mass is 10.2. The first-order valence-corrected chi connectivity index (χ1v) is 6.64. The summed E-state index contributed by atoms with van der Waals surface area (Å²) >= 11 is 0. The normalized spacial score (nSPS) is 10.5. The molecule has 0 unspecified atom stereocenters. The van der Waals surface area contributed by atoms with E-state index in [1.54, 1.807) is 0 Å². The number of ether oxygens (including phenoxy) is 1. The number of hydrogen-bond acceptors (Lipinski definition) is 5. The van der Waals surface area contributed by atoms with Crippen LogP contribution in [-0.4, -0.2) is 23.6 Å². The van der Waals surface area contributed by atoms with E-state index >= 15 is 0 Å². The second-order valence-corrected chi connectivity index (χ2v) is 4.69. The number of aliphatic hydroxyl groups is 1. The molecular weight excluding hydrogens is 331 g/mol. The topological polar surface area (TPSA) is 88.8 Å². The maximum Gasteiger partial charge on any atom is 0.342 e. The van der Waals surface area contributed by atoms with E-state index in [9.17, 15) is 22.8 Å². The molecule has 0 spiro atoms. The van der Waals surface area contributed by atoms with Gasteiger partial charge in [0.25, 0.3) is 5.91 Å². The second kappa shape index (κ2) is 7.18.